The van der Waals surface area contributed by atoms with Crippen molar-refractivity contribution >= 4 is 0 Å². The molecule has 0 aromatic rings. The number of piperazine rings is 1. The van der Waals surface area contributed by atoms with Gasteiger partial charge in [0.05, 0.1) is 0 Å². The fraction of sp³-hybridized carbons (Fsp3) is 1.00. The van der Waals surface area contributed by atoms with Crippen LogP contribution in [0.4, 0.5) is 0 Å². The van der Waals surface area contributed by atoms with Gasteiger partial charge in [-0.2, -0.15) is 0 Å². The Labute approximate surface area is 119 Å². The molecule has 0 bridgehead atoms. The van der Waals surface area contributed by atoms with E-state index in [9.17, 15) is 5.11 Å². The van der Waals surface area contributed by atoms with Crippen LogP contribution >= 0.6 is 0 Å². The molecular weight excluding hydrogens is 236 g/mol. The van der Waals surface area contributed by atoms with Crippen LogP contribution in [-0.2, 0) is 0 Å². The van der Waals surface area contributed by atoms with Gasteiger partial charge in [-0.15, -0.1) is 0 Å². The molecule has 1 N–H and O–H groups in total. The van der Waals surface area contributed by atoms with Crippen LogP contribution in [0, 0.1) is 5.41 Å². The Hall–Kier alpha value is -0.120. The summed E-state index contributed by atoms with van der Waals surface area (Å²) in [5.74, 6) is 0. The molecule has 0 amide bonds. The fourth-order valence-electron chi connectivity index (χ4n) is 3.91. The zero-order valence-electron chi connectivity index (χ0n) is 12.9. The van der Waals surface area contributed by atoms with E-state index in [1.807, 2.05) is 0 Å². The minimum atomic E-state index is 0.101. The number of hydrogen-bond acceptors (Lipinski definition) is 3. The van der Waals surface area contributed by atoms with E-state index in [0.29, 0.717) is 6.61 Å². The van der Waals surface area contributed by atoms with Crippen molar-refractivity contribution in [1.29, 1.82) is 0 Å². The van der Waals surface area contributed by atoms with Crippen LogP contribution in [-0.4, -0.2) is 60.3 Å². The predicted molar refractivity (Wildman–Crippen MR) is 80.4 cm³/mol. The summed E-state index contributed by atoms with van der Waals surface area (Å²) >= 11 is 0. The molecule has 1 atom stereocenters. The van der Waals surface area contributed by atoms with Gasteiger partial charge in [-0.3, -0.25) is 4.90 Å². The summed E-state index contributed by atoms with van der Waals surface area (Å²) in [6.07, 6.45) is 8.01. The van der Waals surface area contributed by atoms with Gasteiger partial charge in [-0.25, -0.2) is 0 Å². The maximum Gasteiger partial charge on any atom is 0.0497 e. The summed E-state index contributed by atoms with van der Waals surface area (Å²) in [5.41, 5.74) is 0.101. The summed E-state index contributed by atoms with van der Waals surface area (Å²) in [5, 5.41) is 9.63. The molecular formula is C16H32N2O. The molecule has 2 fully saturated rings. The van der Waals surface area contributed by atoms with Crippen molar-refractivity contribution in [2.75, 3.05) is 39.3 Å². The predicted octanol–water partition coefficient (Wildman–Crippen LogP) is 2.35. The van der Waals surface area contributed by atoms with Gasteiger partial charge in [-0.05, 0) is 19.3 Å². The Balaban J connectivity index is 1.76. The average Bonchev–Trinajstić information content (AvgIpc) is 2.94. The Bertz CT molecular complexity index is 257. The topological polar surface area (TPSA) is 26.7 Å². The standard InChI is InChI=1S/C16H32N2O/c1-3-8-16(2,14-19)13-17-9-11-18(12-10-17)15-6-4-5-7-15/h15,19H,3-14H2,1-2H3. The van der Waals surface area contributed by atoms with E-state index >= 15 is 0 Å². The molecule has 1 aliphatic carbocycles. The first-order valence-corrected chi connectivity index (χ1v) is 8.24. The molecule has 0 aromatic heterocycles. The van der Waals surface area contributed by atoms with Gasteiger partial charge < -0.3 is 10.0 Å². The SMILES string of the molecule is CCCC(C)(CO)CN1CCN(C2CCCC2)CC1. The average molecular weight is 268 g/mol. The van der Waals surface area contributed by atoms with Crippen LogP contribution in [0.15, 0.2) is 0 Å². The zero-order valence-corrected chi connectivity index (χ0v) is 12.9. The second-order valence-corrected chi connectivity index (χ2v) is 6.97. The van der Waals surface area contributed by atoms with E-state index in [2.05, 4.69) is 23.6 Å². The first-order valence-electron chi connectivity index (χ1n) is 8.24. The summed E-state index contributed by atoms with van der Waals surface area (Å²) in [7, 11) is 0. The molecule has 1 saturated heterocycles. The Morgan fingerprint density at radius 2 is 1.74 bits per heavy atom. The monoisotopic (exact) mass is 268 g/mol. The normalized spacial score (nSPS) is 26.7. The van der Waals surface area contributed by atoms with Gasteiger partial charge >= 0.3 is 0 Å². The highest BCUT2D eigenvalue weighted by atomic mass is 16.3. The molecule has 3 nitrogen and oxygen atoms in total. The molecule has 19 heavy (non-hydrogen) atoms. The quantitative estimate of drug-likeness (QED) is 0.801. The Morgan fingerprint density at radius 1 is 1.11 bits per heavy atom. The van der Waals surface area contributed by atoms with Crippen molar-refractivity contribution in [1.82, 2.24) is 9.80 Å². The molecule has 3 heteroatoms. The molecule has 1 aliphatic heterocycles. The smallest absolute Gasteiger partial charge is 0.0497 e. The van der Waals surface area contributed by atoms with E-state index < -0.39 is 0 Å². The maximum absolute atomic E-state index is 9.63. The second-order valence-electron chi connectivity index (χ2n) is 6.97. The van der Waals surface area contributed by atoms with E-state index in [1.54, 1.807) is 0 Å². The summed E-state index contributed by atoms with van der Waals surface area (Å²) in [4.78, 5) is 5.27. The van der Waals surface area contributed by atoms with Gasteiger partial charge in [0.1, 0.15) is 0 Å². The Kier molecular flexibility index (Phi) is 5.67. The number of aliphatic hydroxyl groups excluding tert-OH is 1. The number of hydrogen-bond donors (Lipinski definition) is 1. The molecule has 0 spiro atoms. The largest absolute Gasteiger partial charge is 0.396 e. The van der Waals surface area contributed by atoms with E-state index in [-0.39, 0.29) is 5.41 Å². The maximum atomic E-state index is 9.63. The van der Waals surface area contributed by atoms with Crippen LogP contribution in [0.5, 0.6) is 0 Å². The van der Waals surface area contributed by atoms with Crippen LogP contribution < -0.4 is 0 Å². The number of nitrogens with zero attached hydrogens (tertiary/aromatic N) is 2. The van der Waals surface area contributed by atoms with Crippen LogP contribution in [0.3, 0.4) is 0 Å². The lowest BCUT2D eigenvalue weighted by atomic mass is 9.86. The van der Waals surface area contributed by atoms with Crippen LogP contribution in [0.2, 0.25) is 0 Å². The van der Waals surface area contributed by atoms with E-state index in [1.165, 1.54) is 58.3 Å². The summed E-state index contributed by atoms with van der Waals surface area (Å²) < 4.78 is 0. The van der Waals surface area contributed by atoms with Crippen molar-refractivity contribution in [3.63, 3.8) is 0 Å². The van der Waals surface area contributed by atoms with Crippen molar-refractivity contribution in [2.45, 2.75) is 58.4 Å². The molecule has 112 valence electrons. The van der Waals surface area contributed by atoms with Crippen molar-refractivity contribution in [2.24, 2.45) is 5.41 Å². The number of rotatable bonds is 6. The fourth-order valence-corrected chi connectivity index (χ4v) is 3.91. The van der Waals surface area contributed by atoms with Gasteiger partial charge in [0, 0.05) is 50.8 Å². The minimum absolute atomic E-state index is 0.101. The van der Waals surface area contributed by atoms with Gasteiger partial charge in [-0.1, -0.05) is 33.1 Å². The minimum Gasteiger partial charge on any atom is -0.396 e. The molecule has 2 rings (SSSR count). The summed E-state index contributed by atoms with van der Waals surface area (Å²) in [6.45, 7) is 10.7. The zero-order chi connectivity index (χ0) is 13.7. The van der Waals surface area contributed by atoms with E-state index in [4.69, 9.17) is 0 Å². The highest BCUT2D eigenvalue weighted by molar-refractivity contribution is 4.85. The van der Waals surface area contributed by atoms with Gasteiger partial charge in [0.25, 0.3) is 0 Å². The first-order chi connectivity index (χ1) is 9.17. The lowest BCUT2D eigenvalue weighted by Gasteiger charge is -2.41. The molecule has 2 aliphatic rings. The van der Waals surface area contributed by atoms with Crippen molar-refractivity contribution in [3.05, 3.63) is 0 Å². The number of aliphatic hydroxyl groups is 1. The molecule has 0 radical (unpaired) electrons. The van der Waals surface area contributed by atoms with Gasteiger partial charge in [0.2, 0.25) is 0 Å². The highest BCUT2D eigenvalue weighted by Crippen LogP contribution is 2.27. The lowest BCUT2D eigenvalue weighted by Crippen LogP contribution is -2.52. The Morgan fingerprint density at radius 3 is 2.26 bits per heavy atom. The third-order valence-electron chi connectivity index (χ3n) is 5.09. The lowest BCUT2D eigenvalue weighted by molar-refractivity contribution is 0.0398. The summed E-state index contributed by atoms with van der Waals surface area (Å²) in [6, 6.07) is 0.877. The molecule has 0 aromatic carbocycles. The van der Waals surface area contributed by atoms with Gasteiger partial charge in [0.15, 0.2) is 0 Å². The second kappa shape index (κ2) is 7.05. The van der Waals surface area contributed by atoms with Crippen molar-refractivity contribution < 1.29 is 5.11 Å². The first kappa shape index (κ1) is 15.3. The van der Waals surface area contributed by atoms with Crippen LogP contribution in [0.1, 0.15) is 52.4 Å². The third-order valence-corrected chi connectivity index (χ3v) is 5.09. The molecule has 1 saturated carbocycles. The third kappa shape index (κ3) is 4.17. The highest BCUT2D eigenvalue weighted by Gasteiger charge is 2.30. The molecule has 1 heterocycles. The van der Waals surface area contributed by atoms with Crippen molar-refractivity contribution in [3.8, 4) is 0 Å². The van der Waals surface area contributed by atoms with E-state index in [0.717, 1.165) is 19.0 Å². The molecule has 1 unspecified atom stereocenters. The van der Waals surface area contributed by atoms with Crippen LogP contribution in [0.25, 0.3) is 0 Å².